The molecule has 2 aromatic heterocycles. The lowest BCUT2D eigenvalue weighted by Crippen LogP contribution is -2.37. The number of allylic oxidation sites excluding steroid dienone is 1. The summed E-state index contributed by atoms with van der Waals surface area (Å²) in [5.74, 6) is -0.830. The largest absolute Gasteiger partial charge is 0.436 e. The Labute approximate surface area is 244 Å². The second kappa shape index (κ2) is 13.5. The number of hydrogen-bond acceptors (Lipinski definition) is 6. The molecule has 12 heteroatoms. The zero-order valence-corrected chi connectivity index (χ0v) is 25.2. The predicted molar refractivity (Wildman–Crippen MR) is 159 cm³/mol. The minimum absolute atomic E-state index is 0.0118. The number of amides is 3. The average molecular weight is 583 g/mol. The topological polar surface area (TPSA) is 130 Å². The fourth-order valence-corrected chi connectivity index (χ4v) is 4.17. The number of fused-ring (bicyclic) bond motifs is 1. The number of anilines is 1. The van der Waals surface area contributed by atoms with Crippen LogP contribution in [0.2, 0.25) is 0 Å². The summed E-state index contributed by atoms with van der Waals surface area (Å²) in [5.41, 5.74) is 1.39. The van der Waals surface area contributed by atoms with E-state index in [-0.39, 0.29) is 42.2 Å². The Morgan fingerprint density at radius 2 is 1.88 bits per heavy atom. The Balaban J connectivity index is 1.80. The molecule has 0 aliphatic heterocycles. The van der Waals surface area contributed by atoms with Crippen LogP contribution in [0.25, 0.3) is 11.0 Å². The van der Waals surface area contributed by atoms with Crippen LogP contribution in [0.4, 0.5) is 14.9 Å². The molecule has 0 saturated heterocycles. The summed E-state index contributed by atoms with van der Waals surface area (Å²) in [4.78, 5) is 60.7. The van der Waals surface area contributed by atoms with E-state index in [1.807, 2.05) is 0 Å². The van der Waals surface area contributed by atoms with Crippen LogP contribution in [-0.2, 0) is 27.3 Å². The number of aromatic amines is 1. The molecule has 0 fully saturated rings. The number of nitrogens with zero attached hydrogens (tertiary/aromatic N) is 4. The third-order valence-electron chi connectivity index (χ3n) is 6.20. The van der Waals surface area contributed by atoms with E-state index in [9.17, 15) is 23.6 Å². The minimum Gasteiger partial charge on any atom is -0.436 e. The third-order valence-corrected chi connectivity index (χ3v) is 6.20. The summed E-state index contributed by atoms with van der Waals surface area (Å²) < 4.78 is 21.0. The molecule has 11 nitrogen and oxygen atoms in total. The van der Waals surface area contributed by atoms with Crippen LogP contribution in [0, 0.1) is 11.2 Å². The van der Waals surface area contributed by atoms with Gasteiger partial charge in [-0.25, -0.2) is 14.2 Å². The first-order valence-electron chi connectivity index (χ1n) is 13.6. The van der Waals surface area contributed by atoms with Gasteiger partial charge in [-0.15, -0.1) is 0 Å². The van der Waals surface area contributed by atoms with E-state index in [2.05, 4.69) is 36.1 Å². The Morgan fingerprint density at radius 3 is 2.52 bits per heavy atom. The molecule has 2 heterocycles. The number of aromatic nitrogens is 3. The number of halogens is 1. The van der Waals surface area contributed by atoms with Gasteiger partial charge in [0.15, 0.2) is 6.10 Å². The third kappa shape index (κ3) is 8.76. The molecule has 1 atom stereocenters. The highest BCUT2D eigenvalue weighted by Crippen LogP contribution is 2.27. The molecule has 2 N–H and O–H groups in total. The second-order valence-corrected chi connectivity index (χ2v) is 11.7. The molecule has 0 aliphatic rings. The molecule has 0 radical (unpaired) electrons. The number of rotatable bonds is 10. The summed E-state index contributed by atoms with van der Waals surface area (Å²) in [5, 5.41) is 2.57. The number of pyridine rings is 1. The van der Waals surface area contributed by atoms with E-state index in [1.54, 1.807) is 32.4 Å². The standard InChI is InChI=1S/C30H39FN6O5/c1-30(2,3)17-19-15-20(31)16-22-26(19)34-24(32-22)18-37-14-10-11-21(28(37)40)33-27(39)23(42-29(41)36(6)7)12-8-9-13-25(38)35(4)5/h9-11,13-16,23H,8,12,17-18H2,1-7H3,(H,32,34)(H,33,39). The molecule has 0 spiro atoms. The number of ether oxygens (including phenoxy) is 1. The first kappa shape index (κ1) is 32.0. The van der Waals surface area contributed by atoms with Crippen molar-refractivity contribution in [1.29, 1.82) is 0 Å². The van der Waals surface area contributed by atoms with Crippen molar-refractivity contribution in [2.24, 2.45) is 5.41 Å². The Morgan fingerprint density at radius 1 is 1.17 bits per heavy atom. The number of nitrogens with one attached hydrogen (secondary N) is 2. The Hall–Kier alpha value is -4.48. The summed E-state index contributed by atoms with van der Waals surface area (Å²) in [6, 6.07) is 5.89. The molecule has 226 valence electrons. The molecule has 1 aromatic carbocycles. The molecule has 3 aromatic rings. The van der Waals surface area contributed by atoms with Crippen LogP contribution in [0.5, 0.6) is 0 Å². The summed E-state index contributed by atoms with van der Waals surface area (Å²) in [6.45, 7) is 6.25. The van der Waals surface area contributed by atoms with Crippen LogP contribution >= 0.6 is 0 Å². The first-order chi connectivity index (χ1) is 19.6. The Bertz CT molecular complexity index is 1530. The lowest BCUT2D eigenvalue weighted by molar-refractivity contribution is -0.125. The van der Waals surface area contributed by atoms with Gasteiger partial charge in [0.1, 0.15) is 17.3 Å². The van der Waals surface area contributed by atoms with Crippen molar-refractivity contribution in [3.63, 3.8) is 0 Å². The smallest absolute Gasteiger partial charge is 0.410 e. The quantitative estimate of drug-likeness (QED) is 0.349. The Kier molecular flexibility index (Phi) is 10.3. The first-order valence-corrected chi connectivity index (χ1v) is 13.6. The molecule has 1 unspecified atom stereocenters. The lowest BCUT2D eigenvalue weighted by atomic mass is 9.87. The summed E-state index contributed by atoms with van der Waals surface area (Å²) >= 11 is 0. The molecule has 0 aliphatic carbocycles. The van der Waals surface area contributed by atoms with Crippen molar-refractivity contribution in [3.8, 4) is 0 Å². The van der Waals surface area contributed by atoms with E-state index < -0.39 is 23.7 Å². The van der Waals surface area contributed by atoms with Crippen LogP contribution in [0.1, 0.15) is 45.0 Å². The zero-order valence-electron chi connectivity index (χ0n) is 25.2. The number of carbonyl (C=O) groups is 3. The van der Waals surface area contributed by atoms with Gasteiger partial charge in [-0.1, -0.05) is 26.8 Å². The van der Waals surface area contributed by atoms with E-state index in [0.29, 0.717) is 23.3 Å². The van der Waals surface area contributed by atoms with Crippen LogP contribution in [-0.4, -0.2) is 76.5 Å². The number of carbonyl (C=O) groups excluding carboxylic acids is 3. The second-order valence-electron chi connectivity index (χ2n) is 11.7. The lowest BCUT2D eigenvalue weighted by Gasteiger charge is -2.19. The van der Waals surface area contributed by atoms with Gasteiger partial charge in [-0.2, -0.15) is 0 Å². The monoisotopic (exact) mass is 582 g/mol. The number of H-pyrrole nitrogens is 1. The fraction of sp³-hybridized carbons (Fsp3) is 0.433. The molecule has 42 heavy (non-hydrogen) atoms. The summed E-state index contributed by atoms with van der Waals surface area (Å²) in [7, 11) is 6.21. The fourth-order valence-electron chi connectivity index (χ4n) is 4.17. The minimum atomic E-state index is -1.21. The zero-order chi connectivity index (χ0) is 31.2. The molecule has 0 saturated carbocycles. The highest BCUT2D eigenvalue weighted by Gasteiger charge is 2.25. The summed E-state index contributed by atoms with van der Waals surface area (Å²) in [6.07, 6.45) is 3.59. The van der Waals surface area contributed by atoms with E-state index in [1.165, 1.54) is 52.7 Å². The van der Waals surface area contributed by atoms with Crippen molar-refractivity contribution in [2.45, 2.75) is 52.7 Å². The van der Waals surface area contributed by atoms with Crippen molar-refractivity contribution in [2.75, 3.05) is 33.5 Å². The van der Waals surface area contributed by atoms with Crippen molar-refractivity contribution >= 4 is 34.6 Å². The highest BCUT2D eigenvalue weighted by atomic mass is 19.1. The van der Waals surface area contributed by atoms with E-state index >= 15 is 0 Å². The van der Waals surface area contributed by atoms with Gasteiger partial charge < -0.3 is 29.4 Å². The van der Waals surface area contributed by atoms with Crippen LogP contribution in [0.3, 0.4) is 0 Å². The molecule has 3 rings (SSSR count). The van der Waals surface area contributed by atoms with Gasteiger partial charge >= 0.3 is 6.09 Å². The normalized spacial score (nSPS) is 12.4. The van der Waals surface area contributed by atoms with Crippen LogP contribution in [0.15, 0.2) is 47.4 Å². The van der Waals surface area contributed by atoms with Crippen molar-refractivity contribution in [3.05, 3.63) is 70.2 Å². The van der Waals surface area contributed by atoms with Gasteiger partial charge in [-0.05, 0) is 54.5 Å². The molecule has 3 amide bonds. The van der Waals surface area contributed by atoms with Gasteiger partial charge in [-0.3, -0.25) is 14.4 Å². The molecular formula is C30H39FN6O5. The van der Waals surface area contributed by atoms with E-state index in [0.717, 1.165) is 5.56 Å². The average Bonchev–Trinajstić information content (AvgIpc) is 3.29. The van der Waals surface area contributed by atoms with Crippen molar-refractivity contribution in [1.82, 2.24) is 24.3 Å². The SMILES string of the molecule is CN(C)C(=O)C=CCCC(OC(=O)N(C)C)C(=O)Nc1cccn(Cc2nc3cc(F)cc(CC(C)(C)C)c3[nH]2)c1=O. The van der Waals surface area contributed by atoms with Crippen molar-refractivity contribution < 1.29 is 23.5 Å². The maximum absolute atomic E-state index is 14.3. The molecular weight excluding hydrogens is 543 g/mol. The maximum atomic E-state index is 14.3. The molecule has 0 bridgehead atoms. The van der Waals surface area contributed by atoms with Gasteiger partial charge in [0, 0.05) is 40.5 Å². The van der Waals surface area contributed by atoms with Gasteiger partial charge in [0.2, 0.25) is 5.91 Å². The van der Waals surface area contributed by atoms with Gasteiger partial charge in [0.05, 0.1) is 17.6 Å². The number of benzene rings is 1. The van der Waals surface area contributed by atoms with Gasteiger partial charge in [0.25, 0.3) is 11.5 Å². The van der Waals surface area contributed by atoms with Crippen LogP contribution < -0.4 is 10.9 Å². The predicted octanol–water partition coefficient (Wildman–Crippen LogP) is 3.93. The van der Waals surface area contributed by atoms with E-state index in [4.69, 9.17) is 4.74 Å². The number of hydrogen-bond donors (Lipinski definition) is 2. The maximum Gasteiger partial charge on any atom is 0.410 e. The highest BCUT2D eigenvalue weighted by molar-refractivity contribution is 5.95. The number of likely N-dealkylation sites (N-methyl/N-ethyl adjacent to an activating group) is 1. The number of imidazole rings is 1.